The summed E-state index contributed by atoms with van der Waals surface area (Å²) in [6.45, 7) is 6.72. The summed E-state index contributed by atoms with van der Waals surface area (Å²) in [5, 5.41) is 6.24. The summed E-state index contributed by atoms with van der Waals surface area (Å²) >= 11 is 0. The number of carbonyl (C=O) groups is 2. The molecule has 0 saturated carbocycles. The normalized spacial score (nSPS) is 11.3. The molecular formula is C30H39N5O5. The van der Waals surface area contributed by atoms with Gasteiger partial charge in [0.2, 0.25) is 11.9 Å². The first-order chi connectivity index (χ1) is 19.3. The van der Waals surface area contributed by atoms with Crippen LogP contribution in [0.2, 0.25) is 0 Å². The minimum absolute atomic E-state index is 0.124. The second-order valence-corrected chi connectivity index (χ2v) is 9.44. The highest BCUT2D eigenvalue weighted by atomic mass is 16.5. The average Bonchev–Trinajstić information content (AvgIpc) is 2.95. The monoisotopic (exact) mass is 549 g/mol. The molecule has 1 atom stereocenters. The maximum absolute atomic E-state index is 12.8. The van der Waals surface area contributed by atoms with Crippen molar-refractivity contribution in [3.63, 3.8) is 0 Å². The molecule has 0 aliphatic heterocycles. The minimum Gasteiger partial charge on any atom is -0.497 e. The first-order valence-corrected chi connectivity index (χ1v) is 13.3. The summed E-state index contributed by atoms with van der Waals surface area (Å²) in [5.41, 5.74) is 2.83. The van der Waals surface area contributed by atoms with E-state index >= 15 is 0 Å². The second kappa shape index (κ2) is 14.7. The summed E-state index contributed by atoms with van der Waals surface area (Å²) in [6, 6.07) is 15.5. The van der Waals surface area contributed by atoms with Crippen LogP contribution in [0.3, 0.4) is 0 Å². The van der Waals surface area contributed by atoms with Crippen LogP contribution < -0.4 is 25.0 Å². The maximum atomic E-state index is 12.8. The molecule has 0 saturated heterocycles. The molecule has 40 heavy (non-hydrogen) atoms. The average molecular weight is 550 g/mol. The smallest absolute Gasteiger partial charge is 0.343 e. The molecule has 10 nitrogen and oxygen atoms in total. The van der Waals surface area contributed by atoms with Crippen molar-refractivity contribution in [3.05, 3.63) is 70.9 Å². The summed E-state index contributed by atoms with van der Waals surface area (Å²) in [5.74, 6) is 1.71. The number of anilines is 2. The van der Waals surface area contributed by atoms with Crippen LogP contribution >= 0.6 is 0 Å². The lowest BCUT2D eigenvalue weighted by Gasteiger charge is -2.26. The Bertz CT molecular complexity index is 1220. The van der Waals surface area contributed by atoms with Crippen molar-refractivity contribution >= 4 is 23.6 Å². The lowest BCUT2D eigenvalue weighted by atomic mass is 10.1. The molecule has 0 bridgehead atoms. The Morgan fingerprint density at radius 2 is 1.45 bits per heavy atom. The van der Waals surface area contributed by atoms with Crippen molar-refractivity contribution in [2.24, 2.45) is 0 Å². The maximum Gasteiger partial charge on any atom is 0.343 e. The van der Waals surface area contributed by atoms with Crippen LogP contribution in [0.1, 0.15) is 53.9 Å². The Labute approximate surface area is 236 Å². The number of esters is 1. The Kier molecular flexibility index (Phi) is 11.1. The van der Waals surface area contributed by atoms with E-state index in [-0.39, 0.29) is 17.5 Å². The molecule has 2 N–H and O–H groups in total. The lowest BCUT2D eigenvalue weighted by Crippen LogP contribution is -2.36. The molecule has 3 rings (SSSR count). The topological polar surface area (TPSA) is 115 Å². The number of carbonyl (C=O) groups excluding carboxylic acids is 2. The van der Waals surface area contributed by atoms with Crippen LogP contribution in [0, 0.1) is 6.92 Å². The van der Waals surface area contributed by atoms with Crippen molar-refractivity contribution in [3.8, 4) is 11.5 Å². The predicted molar refractivity (Wildman–Crippen MR) is 155 cm³/mol. The summed E-state index contributed by atoms with van der Waals surface area (Å²) in [7, 11) is 4.60. The summed E-state index contributed by atoms with van der Waals surface area (Å²) < 4.78 is 15.7. The fraction of sp³-hybridized carbons (Fsp3) is 0.400. The predicted octanol–water partition coefficient (Wildman–Crippen LogP) is 4.51. The molecular weight excluding hydrogens is 510 g/mol. The van der Waals surface area contributed by atoms with Gasteiger partial charge >= 0.3 is 5.97 Å². The van der Waals surface area contributed by atoms with Crippen molar-refractivity contribution in [2.45, 2.75) is 52.7 Å². The lowest BCUT2D eigenvalue weighted by molar-refractivity contribution is -0.119. The second-order valence-electron chi connectivity index (χ2n) is 9.44. The van der Waals surface area contributed by atoms with E-state index in [1.54, 1.807) is 21.1 Å². The van der Waals surface area contributed by atoms with E-state index in [0.717, 1.165) is 35.5 Å². The Morgan fingerprint density at radius 1 is 0.900 bits per heavy atom. The number of hydrogen-bond acceptors (Lipinski definition) is 9. The highest BCUT2D eigenvalue weighted by molar-refractivity contribution is 5.96. The first-order valence-electron chi connectivity index (χ1n) is 13.3. The van der Waals surface area contributed by atoms with Gasteiger partial charge in [-0.25, -0.2) is 9.78 Å². The fourth-order valence-corrected chi connectivity index (χ4v) is 4.28. The van der Waals surface area contributed by atoms with Gasteiger partial charge in [-0.1, -0.05) is 37.6 Å². The molecule has 0 aliphatic carbocycles. The highest BCUT2D eigenvalue weighted by Gasteiger charge is 2.24. The van der Waals surface area contributed by atoms with Gasteiger partial charge in [-0.2, -0.15) is 4.98 Å². The fourth-order valence-electron chi connectivity index (χ4n) is 4.28. The molecule has 0 aliphatic rings. The van der Waals surface area contributed by atoms with E-state index < -0.39 is 5.97 Å². The number of nitrogens with one attached hydrogen (secondary N) is 2. The van der Waals surface area contributed by atoms with Gasteiger partial charge in [0.25, 0.3) is 0 Å². The minimum atomic E-state index is -0.529. The van der Waals surface area contributed by atoms with Gasteiger partial charge in [0, 0.05) is 32.6 Å². The van der Waals surface area contributed by atoms with Crippen molar-refractivity contribution in [1.82, 2.24) is 15.3 Å². The van der Waals surface area contributed by atoms with Crippen LogP contribution in [0.4, 0.5) is 11.8 Å². The molecule has 1 heterocycles. The standard InChI is InChI=1S/C30H39N5O5/c1-7-8-24(17-31-21(3)36)33-28-27(29(37)40-6)20(2)32-30(34-28)35(18-22-9-13-25(38-4)14-10-22)19-23-11-15-26(39-5)16-12-23/h9-16,24H,7-8,17-19H2,1-6H3,(H,31,36)(H,32,33,34). The van der Waals surface area contributed by atoms with Gasteiger partial charge in [0.1, 0.15) is 22.9 Å². The number of benzene rings is 2. The van der Waals surface area contributed by atoms with Gasteiger partial charge in [-0.15, -0.1) is 0 Å². The van der Waals surface area contributed by atoms with E-state index in [1.165, 1.54) is 14.0 Å². The molecule has 1 amide bonds. The van der Waals surface area contributed by atoms with Gasteiger partial charge in [-0.3, -0.25) is 4.79 Å². The molecule has 0 fully saturated rings. The zero-order valence-corrected chi connectivity index (χ0v) is 24.1. The summed E-state index contributed by atoms with van der Waals surface area (Å²) in [4.78, 5) is 36.0. The number of aromatic nitrogens is 2. The van der Waals surface area contributed by atoms with E-state index in [1.807, 2.05) is 53.4 Å². The SMILES string of the molecule is CCCC(CNC(C)=O)Nc1nc(N(Cc2ccc(OC)cc2)Cc2ccc(OC)cc2)nc(C)c1C(=O)OC. The number of amides is 1. The quantitative estimate of drug-likeness (QED) is 0.280. The third-order valence-corrected chi connectivity index (χ3v) is 6.39. The molecule has 214 valence electrons. The molecule has 0 radical (unpaired) electrons. The molecule has 2 aromatic carbocycles. The van der Waals surface area contributed by atoms with E-state index in [2.05, 4.69) is 17.6 Å². The van der Waals surface area contributed by atoms with Gasteiger partial charge in [-0.05, 0) is 48.7 Å². The van der Waals surface area contributed by atoms with E-state index in [4.69, 9.17) is 24.2 Å². The van der Waals surface area contributed by atoms with Crippen molar-refractivity contribution < 1.29 is 23.8 Å². The molecule has 1 unspecified atom stereocenters. The molecule has 3 aromatic rings. The number of rotatable bonds is 14. The van der Waals surface area contributed by atoms with Gasteiger partial charge in [0.05, 0.1) is 27.0 Å². The van der Waals surface area contributed by atoms with Gasteiger partial charge in [0.15, 0.2) is 0 Å². The Morgan fingerprint density at radius 3 is 1.90 bits per heavy atom. The van der Waals surface area contributed by atoms with Crippen LogP contribution in [0.5, 0.6) is 11.5 Å². The molecule has 0 spiro atoms. The Hall–Kier alpha value is -4.34. The van der Waals surface area contributed by atoms with Crippen LogP contribution in [0.15, 0.2) is 48.5 Å². The van der Waals surface area contributed by atoms with E-state index in [0.29, 0.717) is 37.1 Å². The third-order valence-electron chi connectivity index (χ3n) is 6.39. The number of nitrogens with zero attached hydrogens (tertiary/aromatic N) is 3. The van der Waals surface area contributed by atoms with Gasteiger partial charge < -0.3 is 29.7 Å². The number of ether oxygens (including phenoxy) is 3. The largest absolute Gasteiger partial charge is 0.497 e. The first kappa shape index (κ1) is 30.2. The number of methoxy groups -OCH3 is 3. The van der Waals surface area contributed by atoms with Crippen LogP contribution in [-0.2, 0) is 22.6 Å². The van der Waals surface area contributed by atoms with Crippen LogP contribution in [0.25, 0.3) is 0 Å². The highest BCUT2D eigenvalue weighted by Crippen LogP contribution is 2.26. The number of hydrogen-bond donors (Lipinski definition) is 2. The zero-order chi connectivity index (χ0) is 29.1. The Balaban J connectivity index is 2.05. The van der Waals surface area contributed by atoms with Crippen LogP contribution in [-0.4, -0.2) is 55.8 Å². The molecule has 10 heteroatoms. The number of aryl methyl sites for hydroxylation is 1. The van der Waals surface area contributed by atoms with Crippen molar-refractivity contribution in [2.75, 3.05) is 38.1 Å². The summed E-state index contributed by atoms with van der Waals surface area (Å²) in [6.07, 6.45) is 1.64. The third kappa shape index (κ3) is 8.33. The van der Waals surface area contributed by atoms with E-state index in [9.17, 15) is 9.59 Å². The molecule has 1 aromatic heterocycles. The van der Waals surface area contributed by atoms with Crippen molar-refractivity contribution in [1.29, 1.82) is 0 Å². The zero-order valence-electron chi connectivity index (χ0n) is 24.1.